The number of rotatable bonds is 3. The first-order valence-electron chi connectivity index (χ1n) is 6.36. The lowest BCUT2D eigenvalue weighted by atomic mass is 9.87. The standard InChI is InChI=1S/C13H19N3O2/c1-9-3-5-10(6-4-9)15-12-8-14-7-11(16-12)13(17)18-2/h7-10H,3-6H2,1-2H3,(H,15,16). The Balaban J connectivity index is 1.99. The Labute approximate surface area is 107 Å². The molecule has 1 aromatic rings. The lowest BCUT2D eigenvalue weighted by Gasteiger charge is -2.27. The molecule has 0 unspecified atom stereocenters. The van der Waals surface area contributed by atoms with Crippen LogP contribution in [-0.2, 0) is 4.74 Å². The highest BCUT2D eigenvalue weighted by molar-refractivity contribution is 5.87. The van der Waals surface area contributed by atoms with Crippen LogP contribution in [0.4, 0.5) is 5.82 Å². The molecule has 0 amide bonds. The van der Waals surface area contributed by atoms with Gasteiger partial charge in [0.2, 0.25) is 0 Å². The van der Waals surface area contributed by atoms with Gasteiger partial charge in [-0.2, -0.15) is 0 Å². The maximum absolute atomic E-state index is 11.3. The maximum atomic E-state index is 11.3. The van der Waals surface area contributed by atoms with Gasteiger partial charge in [0.25, 0.3) is 0 Å². The van der Waals surface area contributed by atoms with Crippen molar-refractivity contribution in [3.63, 3.8) is 0 Å². The van der Waals surface area contributed by atoms with E-state index in [1.165, 1.54) is 26.1 Å². The van der Waals surface area contributed by atoms with E-state index < -0.39 is 5.97 Å². The molecule has 0 aromatic carbocycles. The average Bonchev–Trinajstić information content (AvgIpc) is 2.41. The molecule has 1 aliphatic rings. The molecule has 0 spiro atoms. The first-order valence-corrected chi connectivity index (χ1v) is 6.36. The zero-order chi connectivity index (χ0) is 13.0. The summed E-state index contributed by atoms with van der Waals surface area (Å²) >= 11 is 0. The van der Waals surface area contributed by atoms with Gasteiger partial charge in [-0.05, 0) is 31.6 Å². The average molecular weight is 249 g/mol. The Morgan fingerprint density at radius 1 is 1.33 bits per heavy atom. The summed E-state index contributed by atoms with van der Waals surface area (Å²) in [5.41, 5.74) is 0.242. The molecule has 1 heterocycles. The lowest BCUT2D eigenvalue weighted by Crippen LogP contribution is -2.26. The van der Waals surface area contributed by atoms with Gasteiger partial charge in [-0.25, -0.2) is 9.78 Å². The number of carbonyl (C=O) groups is 1. The molecule has 5 heteroatoms. The molecule has 1 aliphatic carbocycles. The Bertz CT molecular complexity index is 414. The third-order valence-corrected chi connectivity index (χ3v) is 3.40. The molecule has 1 N–H and O–H groups in total. The quantitative estimate of drug-likeness (QED) is 0.832. The summed E-state index contributed by atoms with van der Waals surface area (Å²) in [5.74, 6) is 1.01. The number of anilines is 1. The summed E-state index contributed by atoms with van der Waals surface area (Å²) in [6, 6.07) is 0.434. The summed E-state index contributed by atoms with van der Waals surface area (Å²) in [6.07, 6.45) is 7.82. The summed E-state index contributed by atoms with van der Waals surface area (Å²) < 4.78 is 4.63. The lowest BCUT2D eigenvalue weighted by molar-refractivity contribution is 0.0593. The van der Waals surface area contributed by atoms with Gasteiger partial charge in [0, 0.05) is 6.04 Å². The van der Waals surface area contributed by atoms with Crippen molar-refractivity contribution in [3.8, 4) is 0 Å². The van der Waals surface area contributed by atoms with Gasteiger partial charge in [-0.3, -0.25) is 4.98 Å². The maximum Gasteiger partial charge on any atom is 0.358 e. The number of hydrogen-bond acceptors (Lipinski definition) is 5. The summed E-state index contributed by atoms with van der Waals surface area (Å²) in [4.78, 5) is 19.6. The molecule has 1 fully saturated rings. The SMILES string of the molecule is COC(=O)c1cncc(NC2CCC(C)CC2)n1. The fourth-order valence-corrected chi connectivity index (χ4v) is 2.25. The molecule has 0 radical (unpaired) electrons. The van der Waals surface area contributed by atoms with Crippen LogP contribution in [0.15, 0.2) is 12.4 Å². The molecule has 0 saturated heterocycles. The van der Waals surface area contributed by atoms with Gasteiger partial charge in [0.15, 0.2) is 5.69 Å². The van der Waals surface area contributed by atoms with Crippen LogP contribution in [0.3, 0.4) is 0 Å². The highest BCUT2D eigenvalue weighted by Crippen LogP contribution is 2.25. The zero-order valence-corrected chi connectivity index (χ0v) is 10.8. The Kier molecular flexibility index (Phi) is 4.12. The summed E-state index contributed by atoms with van der Waals surface area (Å²) in [5, 5.41) is 3.34. The van der Waals surface area contributed by atoms with Gasteiger partial charge >= 0.3 is 5.97 Å². The van der Waals surface area contributed by atoms with Crippen LogP contribution in [0, 0.1) is 5.92 Å². The second-order valence-corrected chi connectivity index (χ2v) is 4.88. The fraction of sp³-hybridized carbons (Fsp3) is 0.615. The minimum atomic E-state index is -0.455. The van der Waals surface area contributed by atoms with Gasteiger partial charge in [-0.1, -0.05) is 6.92 Å². The van der Waals surface area contributed by atoms with E-state index in [2.05, 4.69) is 26.9 Å². The number of carbonyl (C=O) groups excluding carboxylic acids is 1. The molecule has 1 saturated carbocycles. The van der Waals surface area contributed by atoms with E-state index in [1.807, 2.05) is 0 Å². The number of nitrogens with one attached hydrogen (secondary N) is 1. The number of aromatic nitrogens is 2. The van der Waals surface area contributed by atoms with Gasteiger partial charge < -0.3 is 10.1 Å². The van der Waals surface area contributed by atoms with Crippen molar-refractivity contribution in [2.24, 2.45) is 5.92 Å². The monoisotopic (exact) mass is 249 g/mol. The predicted octanol–water partition coefficient (Wildman–Crippen LogP) is 2.25. The van der Waals surface area contributed by atoms with E-state index in [4.69, 9.17) is 0 Å². The third kappa shape index (κ3) is 3.18. The number of hydrogen-bond donors (Lipinski definition) is 1. The normalized spacial score (nSPS) is 23.4. The molecule has 98 valence electrons. The molecule has 0 aliphatic heterocycles. The van der Waals surface area contributed by atoms with Crippen LogP contribution in [-0.4, -0.2) is 29.1 Å². The van der Waals surface area contributed by atoms with Crippen molar-refractivity contribution >= 4 is 11.8 Å². The number of ether oxygens (including phenoxy) is 1. The molecule has 2 rings (SSSR count). The van der Waals surface area contributed by atoms with Crippen molar-refractivity contribution in [2.75, 3.05) is 12.4 Å². The minimum Gasteiger partial charge on any atom is -0.464 e. The Morgan fingerprint density at radius 2 is 2.06 bits per heavy atom. The van der Waals surface area contributed by atoms with E-state index in [0.717, 1.165) is 18.8 Å². The second-order valence-electron chi connectivity index (χ2n) is 4.88. The van der Waals surface area contributed by atoms with E-state index in [-0.39, 0.29) is 5.69 Å². The van der Waals surface area contributed by atoms with E-state index >= 15 is 0 Å². The molecule has 0 bridgehead atoms. The third-order valence-electron chi connectivity index (χ3n) is 3.40. The zero-order valence-electron chi connectivity index (χ0n) is 10.8. The van der Waals surface area contributed by atoms with Crippen molar-refractivity contribution in [2.45, 2.75) is 38.6 Å². The number of methoxy groups -OCH3 is 1. The van der Waals surface area contributed by atoms with Crippen molar-refractivity contribution in [1.29, 1.82) is 0 Å². The summed E-state index contributed by atoms with van der Waals surface area (Å²) in [6.45, 7) is 2.29. The Hall–Kier alpha value is -1.65. The fourth-order valence-electron chi connectivity index (χ4n) is 2.25. The predicted molar refractivity (Wildman–Crippen MR) is 68.4 cm³/mol. The van der Waals surface area contributed by atoms with E-state index in [9.17, 15) is 4.79 Å². The number of esters is 1. The van der Waals surface area contributed by atoms with Crippen molar-refractivity contribution in [3.05, 3.63) is 18.1 Å². The van der Waals surface area contributed by atoms with Crippen LogP contribution in [0.1, 0.15) is 43.1 Å². The van der Waals surface area contributed by atoms with Crippen molar-refractivity contribution < 1.29 is 9.53 Å². The first-order chi connectivity index (χ1) is 8.69. The Morgan fingerprint density at radius 3 is 2.72 bits per heavy atom. The molecule has 0 atom stereocenters. The topological polar surface area (TPSA) is 64.1 Å². The first kappa shape index (κ1) is 12.8. The highest BCUT2D eigenvalue weighted by atomic mass is 16.5. The summed E-state index contributed by atoms with van der Waals surface area (Å²) in [7, 11) is 1.34. The molecule has 5 nitrogen and oxygen atoms in total. The molecular formula is C13H19N3O2. The minimum absolute atomic E-state index is 0.242. The van der Waals surface area contributed by atoms with Gasteiger partial charge in [0.1, 0.15) is 5.82 Å². The molecule has 1 aromatic heterocycles. The molecule has 18 heavy (non-hydrogen) atoms. The number of nitrogens with zero attached hydrogens (tertiary/aromatic N) is 2. The van der Waals surface area contributed by atoms with Crippen LogP contribution < -0.4 is 5.32 Å². The van der Waals surface area contributed by atoms with Crippen LogP contribution in [0.2, 0.25) is 0 Å². The van der Waals surface area contributed by atoms with Crippen LogP contribution >= 0.6 is 0 Å². The molecular weight excluding hydrogens is 230 g/mol. The van der Waals surface area contributed by atoms with E-state index in [0.29, 0.717) is 11.9 Å². The second kappa shape index (κ2) is 5.80. The highest BCUT2D eigenvalue weighted by Gasteiger charge is 2.18. The van der Waals surface area contributed by atoms with Gasteiger partial charge in [-0.15, -0.1) is 0 Å². The largest absolute Gasteiger partial charge is 0.464 e. The van der Waals surface area contributed by atoms with Crippen LogP contribution in [0.5, 0.6) is 0 Å². The van der Waals surface area contributed by atoms with E-state index in [1.54, 1.807) is 6.20 Å². The van der Waals surface area contributed by atoms with Crippen LogP contribution in [0.25, 0.3) is 0 Å². The van der Waals surface area contributed by atoms with Crippen molar-refractivity contribution in [1.82, 2.24) is 9.97 Å². The van der Waals surface area contributed by atoms with Gasteiger partial charge in [0.05, 0.1) is 19.5 Å². The smallest absolute Gasteiger partial charge is 0.358 e.